The van der Waals surface area contributed by atoms with E-state index in [-0.39, 0.29) is 30.9 Å². The topological polar surface area (TPSA) is 123 Å². The number of esters is 1. The lowest BCUT2D eigenvalue weighted by molar-refractivity contribution is -0.882. The van der Waals surface area contributed by atoms with Crippen LogP contribution in [0.5, 0.6) is 0 Å². The second kappa shape index (κ2) is 21.4. The van der Waals surface area contributed by atoms with E-state index in [1.54, 1.807) is 6.92 Å². The van der Waals surface area contributed by atoms with Gasteiger partial charge in [-0.25, -0.2) is 4.79 Å². The SMILES string of the molecule is C=C(C)C(=O)OCC[N+](C)(C)CC(=O)NCCCC[Si](C)(C)O[Si](C)(C)CCCCNC(=O)C[N+](C)(C)CC(=O)NCCC[Si](C)(C)C. The highest BCUT2D eigenvalue weighted by atomic mass is 28.4. The molecule has 0 spiro atoms. The molecule has 3 amide bonds. The molecule has 0 fully saturated rings. The molecule has 0 aliphatic heterocycles. The number of nitrogens with zero attached hydrogens (tertiary/aromatic N) is 2. The van der Waals surface area contributed by atoms with Gasteiger partial charge >= 0.3 is 5.97 Å². The average molecular weight is 732 g/mol. The van der Waals surface area contributed by atoms with Crippen LogP contribution in [-0.2, 0) is 28.0 Å². The lowest BCUT2D eigenvalue weighted by Crippen LogP contribution is -2.52. The number of ether oxygens (including phenoxy) is 1. The minimum Gasteiger partial charge on any atom is -0.456 e. The highest BCUT2D eigenvalue weighted by Crippen LogP contribution is 2.24. The molecule has 0 aromatic rings. The maximum atomic E-state index is 12.6. The molecule has 0 unspecified atom stereocenters. The second-order valence-electron chi connectivity index (χ2n) is 17.2. The summed E-state index contributed by atoms with van der Waals surface area (Å²) in [6, 6.07) is 3.30. The summed E-state index contributed by atoms with van der Waals surface area (Å²) in [5, 5.41) is 9.09. The van der Waals surface area contributed by atoms with Crippen molar-refractivity contribution >= 4 is 48.4 Å². The van der Waals surface area contributed by atoms with Gasteiger partial charge in [-0.3, -0.25) is 14.4 Å². The summed E-state index contributed by atoms with van der Waals surface area (Å²) < 4.78 is 12.7. The standard InChI is InChI=1S/C34H71N5O6Si3/c1-30(2)34(43)44-23-22-38(3,4)27-31(40)35-19-14-16-25-47(10,11)45-48(12,13)26-17-15-20-36-32(41)28-39(5,6)29-33(42)37-21-18-24-46(7,8)9/h1,14-29H2,2-13H3,(H-2,35,36,37,40,41,42)/p+2. The first-order valence-corrected chi connectivity index (χ1v) is 27.7. The van der Waals surface area contributed by atoms with Crippen LogP contribution in [0.4, 0.5) is 0 Å². The molecule has 0 radical (unpaired) electrons. The summed E-state index contributed by atoms with van der Waals surface area (Å²) >= 11 is 0. The number of carbonyl (C=O) groups excluding carboxylic acids is 4. The average Bonchev–Trinajstić information content (AvgIpc) is 2.88. The molecular formula is C34H73N5O6Si3+2. The number of amides is 3. The molecule has 0 aliphatic rings. The number of unbranched alkanes of at least 4 members (excludes halogenated alkanes) is 2. The van der Waals surface area contributed by atoms with Crippen LogP contribution in [0, 0.1) is 0 Å². The van der Waals surface area contributed by atoms with Crippen LogP contribution in [0.3, 0.4) is 0 Å². The smallest absolute Gasteiger partial charge is 0.333 e. The van der Waals surface area contributed by atoms with Crippen LogP contribution in [0.15, 0.2) is 12.2 Å². The van der Waals surface area contributed by atoms with Gasteiger partial charge in [-0.15, -0.1) is 0 Å². The summed E-state index contributed by atoms with van der Waals surface area (Å²) in [6.07, 6.45) is 4.86. The molecule has 280 valence electrons. The van der Waals surface area contributed by atoms with E-state index in [2.05, 4.69) is 68.4 Å². The molecule has 11 nitrogen and oxygen atoms in total. The van der Waals surface area contributed by atoms with E-state index >= 15 is 0 Å². The largest absolute Gasteiger partial charge is 0.456 e. The fourth-order valence-corrected chi connectivity index (χ4v) is 15.7. The van der Waals surface area contributed by atoms with Crippen LogP contribution in [0.25, 0.3) is 0 Å². The fourth-order valence-electron chi connectivity index (χ4n) is 5.48. The first kappa shape index (κ1) is 46.2. The summed E-state index contributed by atoms with van der Waals surface area (Å²) in [7, 11) is 2.97. The zero-order chi connectivity index (χ0) is 37.2. The molecule has 0 saturated carbocycles. The van der Waals surface area contributed by atoms with Crippen molar-refractivity contribution in [2.24, 2.45) is 0 Å². The van der Waals surface area contributed by atoms with Gasteiger partial charge in [0.2, 0.25) is 0 Å². The van der Waals surface area contributed by atoms with Crippen molar-refractivity contribution in [3.8, 4) is 0 Å². The molecule has 0 heterocycles. The molecular weight excluding hydrogens is 659 g/mol. The third kappa shape index (κ3) is 26.1. The molecule has 0 saturated heterocycles. The predicted molar refractivity (Wildman–Crippen MR) is 205 cm³/mol. The number of rotatable bonds is 26. The Hall–Kier alpha value is -1.85. The second-order valence-corrected chi connectivity index (χ2v) is 31.7. The summed E-state index contributed by atoms with van der Waals surface area (Å²) in [6.45, 7) is 25.0. The first-order valence-electron chi connectivity index (χ1n) is 17.8. The Morgan fingerprint density at radius 2 is 1.00 bits per heavy atom. The van der Waals surface area contributed by atoms with Gasteiger partial charge in [0.15, 0.2) is 36.3 Å². The van der Waals surface area contributed by atoms with Crippen molar-refractivity contribution < 1.29 is 37.0 Å². The van der Waals surface area contributed by atoms with Crippen LogP contribution in [-0.4, -0.2) is 138 Å². The van der Waals surface area contributed by atoms with Crippen molar-refractivity contribution in [1.29, 1.82) is 0 Å². The number of nitrogens with one attached hydrogen (secondary N) is 3. The van der Waals surface area contributed by atoms with Gasteiger partial charge in [0.1, 0.15) is 13.2 Å². The zero-order valence-electron chi connectivity index (χ0n) is 32.9. The van der Waals surface area contributed by atoms with E-state index < -0.39 is 30.7 Å². The maximum absolute atomic E-state index is 12.6. The molecule has 0 atom stereocenters. The van der Waals surface area contributed by atoms with Crippen molar-refractivity contribution in [3.63, 3.8) is 0 Å². The Morgan fingerprint density at radius 1 is 0.604 bits per heavy atom. The Kier molecular flexibility index (Phi) is 20.6. The Morgan fingerprint density at radius 3 is 1.40 bits per heavy atom. The third-order valence-corrected chi connectivity index (χ3v) is 17.4. The Labute approximate surface area is 296 Å². The van der Waals surface area contributed by atoms with Crippen LogP contribution >= 0.6 is 0 Å². The van der Waals surface area contributed by atoms with E-state index in [1.807, 2.05) is 28.2 Å². The molecule has 0 rings (SSSR count). The van der Waals surface area contributed by atoms with Gasteiger partial charge in [-0.2, -0.15) is 0 Å². The van der Waals surface area contributed by atoms with Gasteiger partial charge in [0.25, 0.3) is 17.7 Å². The van der Waals surface area contributed by atoms with Gasteiger partial charge < -0.3 is 33.8 Å². The highest BCUT2D eigenvalue weighted by Gasteiger charge is 2.32. The third-order valence-electron chi connectivity index (χ3n) is 8.03. The van der Waals surface area contributed by atoms with Gasteiger partial charge in [-0.1, -0.05) is 45.1 Å². The van der Waals surface area contributed by atoms with Crippen molar-refractivity contribution in [1.82, 2.24) is 16.0 Å². The first-order chi connectivity index (χ1) is 21.8. The Balaban J connectivity index is 4.24. The summed E-state index contributed by atoms with van der Waals surface area (Å²) in [5.74, 6) is -0.425. The number of hydrogen-bond acceptors (Lipinski definition) is 6. The number of carbonyl (C=O) groups is 4. The normalized spacial score (nSPS) is 12.8. The van der Waals surface area contributed by atoms with E-state index in [1.165, 1.54) is 6.04 Å². The zero-order valence-corrected chi connectivity index (χ0v) is 35.9. The summed E-state index contributed by atoms with van der Waals surface area (Å²) in [5.41, 5.74) is 0.372. The van der Waals surface area contributed by atoms with Crippen molar-refractivity contribution in [2.75, 3.05) is 80.6 Å². The number of hydrogen-bond donors (Lipinski definition) is 3. The number of quaternary nitrogens is 2. The monoisotopic (exact) mass is 731 g/mol. The van der Waals surface area contributed by atoms with Crippen LogP contribution in [0.1, 0.15) is 39.0 Å². The van der Waals surface area contributed by atoms with Crippen LogP contribution in [0.2, 0.25) is 64.0 Å². The van der Waals surface area contributed by atoms with E-state index in [0.717, 1.165) is 44.2 Å². The molecule has 0 aromatic heterocycles. The lowest BCUT2D eigenvalue weighted by Gasteiger charge is -2.34. The maximum Gasteiger partial charge on any atom is 0.333 e. The number of likely N-dealkylation sites (N-methyl/N-ethyl adjacent to an activating group) is 2. The minimum absolute atomic E-state index is 0.00123. The van der Waals surface area contributed by atoms with Crippen molar-refractivity contribution in [2.45, 2.75) is 103 Å². The molecule has 3 N–H and O–H groups in total. The van der Waals surface area contributed by atoms with Gasteiger partial charge in [-0.05, 0) is 64.5 Å². The van der Waals surface area contributed by atoms with Gasteiger partial charge in [0.05, 0.1) is 28.2 Å². The van der Waals surface area contributed by atoms with E-state index in [9.17, 15) is 19.2 Å². The molecule has 14 heteroatoms. The fraction of sp³-hybridized carbons (Fsp3) is 0.824. The van der Waals surface area contributed by atoms with Crippen molar-refractivity contribution in [3.05, 3.63) is 12.2 Å². The van der Waals surface area contributed by atoms with Crippen LogP contribution < -0.4 is 16.0 Å². The Bertz CT molecular complexity index is 1040. The molecule has 0 aliphatic carbocycles. The minimum atomic E-state index is -1.84. The quantitative estimate of drug-likeness (QED) is 0.0401. The summed E-state index contributed by atoms with van der Waals surface area (Å²) in [4.78, 5) is 49.0. The van der Waals surface area contributed by atoms with Gasteiger partial charge in [0, 0.05) is 33.3 Å². The lowest BCUT2D eigenvalue weighted by atomic mass is 10.3. The molecule has 0 bridgehead atoms. The molecule has 0 aromatic carbocycles. The highest BCUT2D eigenvalue weighted by molar-refractivity contribution is 6.84. The molecule has 48 heavy (non-hydrogen) atoms. The predicted octanol–water partition coefficient (Wildman–Crippen LogP) is 4.32. The van der Waals surface area contributed by atoms with E-state index in [4.69, 9.17) is 8.85 Å². The van der Waals surface area contributed by atoms with E-state index in [0.29, 0.717) is 53.8 Å².